The summed E-state index contributed by atoms with van der Waals surface area (Å²) in [4.78, 5) is 28.9. The first kappa shape index (κ1) is 20.1. The second-order valence-corrected chi connectivity index (χ2v) is 9.10. The number of piperidine rings is 1. The van der Waals surface area contributed by atoms with Gasteiger partial charge in [0.25, 0.3) is 0 Å². The van der Waals surface area contributed by atoms with Gasteiger partial charge in [0.15, 0.2) is 5.13 Å². The van der Waals surface area contributed by atoms with Crippen LogP contribution in [0.2, 0.25) is 0 Å². The molecule has 0 bridgehead atoms. The first-order valence-electron chi connectivity index (χ1n) is 10.9. The fourth-order valence-electron chi connectivity index (χ4n) is 4.43. The molecule has 4 heterocycles. The van der Waals surface area contributed by atoms with Crippen LogP contribution in [0.3, 0.4) is 0 Å². The Morgan fingerprint density at radius 1 is 1.03 bits per heavy atom. The maximum Gasteiger partial charge on any atom is 0.225 e. The number of aromatic nitrogens is 2. The Bertz CT molecular complexity index is 1040. The molecule has 162 valence electrons. The van der Waals surface area contributed by atoms with Crippen molar-refractivity contribution >= 4 is 38.4 Å². The molecule has 2 saturated heterocycles. The normalized spacial score (nSPS) is 17.9. The number of carbonyl (C=O) groups excluding carboxylic acids is 1. The molecule has 0 radical (unpaired) electrons. The standard InChI is InChI=1S/C23H27N5O2S/c1-30-18-5-6-19-20(16-18)31-23(25-19)28-10-7-17(8-11-28)22(29)27-14-12-26(13-15-27)21-4-2-3-9-24-21/h2-6,9,16-17H,7-8,10-15H2,1H3. The molecular weight excluding hydrogens is 410 g/mol. The number of amides is 1. The van der Waals surface area contributed by atoms with Crippen LogP contribution in [0.5, 0.6) is 5.75 Å². The minimum Gasteiger partial charge on any atom is -0.497 e. The van der Waals surface area contributed by atoms with Crippen molar-refractivity contribution in [1.82, 2.24) is 14.9 Å². The maximum absolute atomic E-state index is 13.1. The highest BCUT2D eigenvalue weighted by Gasteiger charge is 2.31. The summed E-state index contributed by atoms with van der Waals surface area (Å²) >= 11 is 1.70. The third-order valence-corrected chi connectivity index (χ3v) is 7.34. The van der Waals surface area contributed by atoms with Gasteiger partial charge < -0.3 is 19.4 Å². The lowest BCUT2D eigenvalue weighted by Gasteiger charge is -2.39. The van der Waals surface area contributed by atoms with Gasteiger partial charge in [-0.2, -0.15) is 0 Å². The van der Waals surface area contributed by atoms with E-state index in [-0.39, 0.29) is 5.92 Å². The van der Waals surface area contributed by atoms with Gasteiger partial charge in [-0.05, 0) is 43.2 Å². The Morgan fingerprint density at radius 3 is 2.55 bits per heavy atom. The van der Waals surface area contributed by atoms with E-state index < -0.39 is 0 Å². The van der Waals surface area contributed by atoms with E-state index in [2.05, 4.69) is 14.8 Å². The molecule has 0 spiro atoms. The zero-order chi connectivity index (χ0) is 21.2. The molecule has 0 saturated carbocycles. The Labute approximate surface area is 186 Å². The molecule has 31 heavy (non-hydrogen) atoms. The number of benzene rings is 1. The van der Waals surface area contributed by atoms with Crippen LogP contribution in [0.25, 0.3) is 10.2 Å². The maximum atomic E-state index is 13.1. The first-order chi connectivity index (χ1) is 15.2. The summed E-state index contributed by atoms with van der Waals surface area (Å²) in [6.45, 7) is 4.99. The van der Waals surface area contributed by atoms with Crippen molar-refractivity contribution in [2.24, 2.45) is 5.92 Å². The molecule has 2 aliphatic heterocycles. The summed E-state index contributed by atoms with van der Waals surface area (Å²) in [6.07, 6.45) is 3.60. The number of anilines is 2. The molecule has 3 aromatic rings. The number of ether oxygens (including phenoxy) is 1. The van der Waals surface area contributed by atoms with Crippen LogP contribution in [0.1, 0.15) is 12.8 Å². The first-order valence-corrected chi connectivity index (χ1v) is 11.7. The van der Waals surface area contributed by atoms with E-state index in [0.29, 0.717) is 5.91 Å². The van der Waals surface area contributed by atoms with E-state index in [0.717, 1.165) is 79.0 Å². The lowest BCUT2D eigenvalue weighted by Crippen LogP contribution is -2.51. The molecule has 2 aromatic heterocycles. The van der Waals surface area contributed by atoms with Crippen molar-refractivity contribution in [2.75, 3.05) is 56.2 Å². The van der Waals surface area contributed by atoms with Crippen molar-refractivity contribution in [1.29, 1.82) is 0 Å². The summed E-state index contributed by atoms with van der Waals surface area (Å²) in [5, 5.41) is 1.04. The molecule has 8 heteroatoms. The van der Waals surface area contributed by atoms with Crippen molar-refractivity contribution < 1.29 is 9.53 Å². The third-order valence-electron chi connectivity index (χ3n) is 6.26. The van der Waals surface area contributed by atoms with Crippen molar-refractivity contribution in [3.05, 3.63) is 42.6 Å². The molecule has 0 atom stereocenters. The van der Waals surface area contributed by atoms with Crippen LogP contribution in [0, 0.1) is 5.92 Å². The Balaban J connectivity index is 1.16. The summed E-state index contributed by atoms with van der Waals surface area (Å²) in [7, 11) is 1.68. The Morgan fingerprint density at radius 2 is 1.84 bits per heavy atom. The van der Waals surface area contributed by atoms with E-state index in [1.54, 1.807) is 18.4 Å². The summed E-state index contributed by atoms with van der Waals surface area (Å²) in [6, 6.07) is 12.0. The topological polar surface area (TPSA) is 61.8 Å². The molecule has 2 aliphatic rings. The van der Waals surface area contributed by atoms with Gasteiger partial charge in [0.1, 0.15) is 11.6 Å². The predicted molar refractivity (Wildman–Crippen MR) is 124 cm³/mol. The lowest BCUT2D eigenvalue weighted by molar-refractivity contribution is -0.136. The van der Waals surface area contributed by atoms with Gasteiger partial charge in [-0.15, -0.1) is 0 Å². The molecule has 0 unspecified atom stereocenters. The molecule has 0 N–H and O–H groups in total. The van der Waals surface area contributed by atoms with Crippen LogP contribution >= 0.6 is 11.3 Å². The smallest absolute Gasteiger partial charge is 0.225 e. The van der Waals surface area contributed by atoms with E-state index in [9.17, 15) is 4.79 Å². The van der Waals surface area contributed by atoms with E-state index >= 15 is 0 Å². The molecule has 1 amide bonds. The molecule has 5 rings (SSSR count). The zero-order valence-corrected chi connectivity index (χ0v) is 18.6. The summed E-state index contributed by atoms with van der Waals surface area (Å²) in [5.74, 6) is 2.29. The van der Waals surface area contributed by atoms with Crippen molar-refractivity contribution in [3.63, 3.8) is 0 Å². The molecule has 0 aliphatic carbocycles. The minimum atomic E-state index is 0.118. The number of rotatable bonds is 4. The second kappa shape index (κ2) is 8.70. The van der Waals surface area contributed by atoms with Crippen LogP contribution in [0.4, 0.5) is 10.9 Å². The van der Waals surface area contributed by atoms with Gasteiger partial charge in [0.05, 0.1) is 17.3 Å². The van der Waals surface area contributed by atoms with Crippen LogP contribution in [0.15, 0.2) is 42.6 Å². The largest absolute Gasteiger partial charge is 0.497 e. The summed E-state index contributed by atoms with van der Waals surface area (Å²) in [5.41, 5.74) is 1.00. The zero-order valence-electron chi connectivity index (χ0n) is 17.7. The average Bonchev–Trinajstić information content (AvgIpc) is 3.28. The fraction of sp³-hybridized carbons (Fsp3) is 0.435. The number of methoxy groups -OCH3 is 1. The monoisotopic (exact) mass is 437 g/mol. The van der Waals surface area contributed by atoms with Crippen LogP contribution in [-0.4, -0.2) is 67.2 Å². The van der Waals surface area contributed by atoms with Gasteiger partial charge in [-0.3, -0.25) is 4.79 Å². The third kappa shape index (κ3) is 4.17. The fourth-order valence-corrected chi connectivity index (χ4v) is 5.47. The lowest BCUT2D eigenvalue weighted by atomic mass is 9.95. The SMILES string of the molecule is COc1ccc2nc(N3CCC(C(=O)N4CCN(c5ccccn5)CC4)CC3)sc2c1. The van der Waals surface area contributed by atoms with E-state index in [1.165, 1.54) is 0 Å². The Hall–Kier alpha value is -2.87. The number of piperazine rings is 1. The van der Waals surface area contributed by atoms with Gasteiger partial charge in [0.2, 0.25) is 5.91 Å². The predicted octanol–water partition coefficient (Wildman–Crippen LogP) is 3.27. The van der Waals surface area contributed by atoms with E-state index in [4.69, 9.17) is 9.72 Å². The van der Waals surface area contributed by atoms with Gasteiger partial charge in [-0.1, -0.05) is 17.4 Å². The number of nitrogens with zero attached hydrogens (tertiary/aromatic N) is 5. The highest BCUT2D eigenvalue weighted by molar-refractivity contribution is 7.22. The number of pyridine rings is 1. The highest BCUT2D eigenvalue weighted by atomic mass is 32.1. The van der Waals surface area contributed by atoms with Gasteiger partial charge in [-0.25, -0.2) is 9.97 Å². The average molecular weight is 438 g/mol. The van der Waals surface area contributed by atoms with E-state index in [1.807, 2.05) is 47.5 Å². The molecule has 1 aromatic carbocycles. The number of carbonyl (C=O) groups is 1. The molecule has 7 nitrogen and oxygen atoms in total. The molecular formula is C23H27N5O2S. The van der Waals surface area contributed by atoms with Crippen LogP contribution < -0.4 is 14.5 Å². The van der Waals surface area contributed by atoms with Crippen molar-refractivity contribution in [2.45, 2.75) is 12.8 Å². The van der Waals surface area contributed by atoms with Crippen molar-refractivity contribution in [3.8, 4) is 5.75 Å². The number of fused-ring (bicyclic) bond motifs is 1. The summed E-state index contributed by atoms with van der Waals surface area (Å²) < 4.78 is 6.46. The Kier molecular flexibility index (Phi) is 5.63. The van der Waals surface area contributed by atoms with Crippen LogP contribution in [-0.2, 0) is 4.79 Å². The number of hydrogen-bond donors (Lipinski definition) is 0. The quantitative estimate of drug-likeness (QED) is 0.624. The van der Waals surface area contributed by atoms with Gasteiger partial charge >= 0.3 is 0 Å². The number of thiazole rings is 1. The highest BCUT2D eigenvalue weighted by Crippen LogP contribution is 2.33. The molecule has 2 fully saturated rings. The van der Waals surface area contributed by atoms with Gasteiger partial charge in [0, 0.05) is 51.4 Å². The second-order valence-electron chi connectivity index (χ2n) is 8.09. The number of hydrogen-bond acceptors (Lipinski definition) is 7. The minimum absolute atomic E-state index is 0.118.